The van der Waals surface area contributed by atoms with E-state index < -0.39 is 0 Å². The van der Waals surface area contributed by atoms with Gasteiger partial charge in [-0.2, -0.15) is 9.78 Å². The van der Waals surface area contributed by atoms with Crippen LogP contribution in [-0.4, -0.2) is 15.7 Å². The standard InChI is InChI=1S/C12H12N2O/c1-3-6-12(15)14-11-8-5-4-7-10(11)9(2)13-14/h3-8H,1-2H3/b6-3+. The summed E-state index contributed by atoms with van der Waals surface area (Å²) in [6.07, 6.45) is 3.23. The van der Waals surface area contributed by atoms with Gasteiger partial charge in [0.05, 0.1) is 11.2 Å². The molecule has 0 amide bonds. The molecule has 0 atom stereocenters. The Bertz CT molecular complexity index is 538. The van der Waals surface area contributed by atoms with Gasteiger partial charge in [0.15, 0.2) is 0 Å². The fourth-order valence-corrected chi connectivity index (χ4v) is 1.60. The highest BCUT2D eigenvalue weighted by Crippen LogP contribution is 2.17. The minimum absolute atomic E-state index is 0.109. The number of benzene rings is 1. The summed E-state index contributed by atoms with van der Waals surface area (Å²) in [5.41, 5.74) is 1.74. The Labute approximate surface area is 88.0 Å². The molecule has 0 radical (unpaired) electrons. The van der Waals surface area contributed by atoms with Crippen molar-refractivity contribution in [3.05, 3.63) is 42.1 Å². The SMILES string of the molecule is C/C=C/C(=O)n1nc(C)c2ccccc21. The molecule has 0 aliphatic rings. The van der Waals surface area contributed by atoms with Crippen molar-refractivity contribution in [1.29, 1.82) is 0 Å². The summed E-state index contributed by atoms with van der Waals surface area (Å²) in [4.78, 5) is 11.7. The molecule has 2 rings (SSSR count). The van der Waals surface area contributed by atoms with Crippen LogP contribution in [0, 0.1) is 6.92 Å². The molecule has 0 unspecified atom stereocenters. The zero-order valence-electron chi connectivity index (χ0n) is 8.77. The number of rotatable bonds is 1. The van der Waals surface area contributed by atoms with Crippen LogP contribution in [0.1, 0.15) is 17.4 Å². The monoisotopic (exact) mass is 200 g/mol. The van der Waals surface area contributed by atoms with Gasteiger partial charge in [-0.15, -0.1) is 0 Å². The Hall–Kier alpha value is -1.90. The van der Waals surface area contributed by atoms with Gasteiger partial charge in [0.25, 0.3) is 5.91 Å². The van der Waals surface area contributed by atoms with Crippen molar-refractivity contribution < 1.29 is 4.79 Å². The molecule has 0 bridgehead atoms. The lowest BCUT2D eigenvalue weighted by molar-refractivity contribution is 0.0959. The number of carbonyl (C=O) groups excluding carboxylic acids is 1. The minimum atomic E-state index is -0.109. The van der Waals surface area contributed by atoms with E-state index in [2.05, 4.69) is 5.10 Å². The van der Waals surface area contributed by atoms with Crippen LogP contribution in [0.3, 0.4) is 0 Å². The molecule has 0 aliphatic carbocycles. The first-order valence-electron chi connectivity index (χ1n) is 4.85. The van der Waals surface area contributed by atoms with Gasteiger partial charge in [-0.1, -0.05) is 24.3 Å². The number of aryl methyl sites for hydroxylation is 1. The number of fused-ring (bicyclic) bond motifs is 1. The Morgan fingerprint density at radius 3 is 2.87 bits per heavy atom. The molecule has 1 heterocycles. The Morgan fingerprint density at radius 1 is 1.40 bits per heavy atom. The number of para-hydroxylation sites is 1. The number of aromatic nitrogens is 2. The zero-order valence-corrected chi connectivity index (χ0v) is 8.77. The fourth-order valence-electron chi connectivity index (χ4n) is 1.60. The van der Waals surface area contributed by atoms with E-state index in [4.69, 9.17) is 0 Å². The van der Waals surface area contributed by atoms with E-state index >= 15 is 0 Å². The predicted octanol–water partition coefficient (Wildman–Crippen LogP) is 2.56. The van der Waals surface area contributed by atoms with Gasteiger partial charge >= 0.3 is 0 Å². The van der Waals surface area contributed by atoms with Crippen molar-refractivity contribution in [1.82, 2.24) is 9.78 Å². The largest absolute Gasteiger partial charge is 0.271 e. The van der Waals surface area contributed by atoms with E-state index in [0.29, 0.717) is 0 Å². The molecule has 0 fully saturated rings. The molecule has 2 aromatic rings. The molecule has 0 aliphatic heterocycles. The molecule has 0 spiro atoms. The molecule has 1 aromatic heterocycles. The van der Waals surface area contributed by atoms with Crippen LogP contribution in [0.25, 0.3) is 10.9 Å². The fraction of sp³-hybridized carbons (Fsp3) is 0.167. The van der Waals surface area contributed by atoms with Gasteiger partial charge in [0.2, 0.25) is 0 Å². The van der Waals surface area contributed by atoms with E-state index in [0.717, 1.165) is 16.6 Å². The van der Waals surface area contributed by atoms with Gasteiger partial charge < -0.3 is 0 Å². The van der Waals surface area contributed by atoms with Crippen LogP contribution >= 0.6 is 0 Å². The van der Waals surface area contributed by atoms with Gasteiger partial charge in [0.1, 0.15) is 0 Å². The summed E-state index contributed by atoms with van der Waals surface area (Å²) in [5.74, 6) is -0.109. The van der Waals surface area contributed by atoms with Crippen molar-refractivity contribution in [2.24, 2.45) is 0 Å². The highest BCUT2D eigenvalue weighted by atomic mass is 16.2. The van der Waals surface area contributed by atoms with E-state index in [-0.39, 0.29) is 5.91 Å². The van der Waals surface area contributed by atoms with Gasteiger partial charge in [-0.3, -0.25) is 4.79 Å². The predicted molar refractivity (Wildman–Crippen MR) is 59.9 cm³/mol. The second kappa shape index (κ2) is 3.69. The summed E-state index contributed by atoms with van der Waals surface area (Å²) in [5, 5.41) is 5.25. The topological polar surface area (TPSA) is 34.9 Å². The molecule has 1 aromatic carbocycles. The maximum atomic E-state index is 11.7. The van der Waals surface area contributed by atoms with Crippen LogP contribution in [-0.2, 0) is 0 Å². The lowest BCUT2D eigenvalue weighted by atomic mass is 10.2. The quantitative estimate of drug-likeness (QED) is 0.663. The lowest BCUT2D eigenvalue weighted by Crippen LogP contribution is -2.08. The highest BCUT2D eigenvalue weighted by Gasteiger charge is 2.09. The third-order valence-corrected chi connectivity index (χ3v) is 2.29. The van der Waals surface area contributed by atoms with Gasteiger partial charge in [0, 0.05) is 11.5 Å². The molecule has 0 saturated heterocycles. The van der Waals surface area contributed by atoms with Crippen molar-refractivity contribution in [3.8, 4) is 0 Å². The summed E-state index contributed by atoms with van der Waals surface area (Å²) in [6, 6.07) is 7.72. The molecule has 3 nitrogen and oxygen atoms in total. The average Bonchev–Trinajstić information content (AvgIpc) is 2.58. The molecular weight excluding hydrogens is 188 g/mol. The van der Waals surface area contributed by atoms with E-state index in [9.17, 15) is 4.79 Å². The van der Waals surface area contributed by atoms with Crippen molar-refractivity contribution >= 4 is 16.8 Å². The van der Waals surface area contributed by atoms with Crippen LogP contribution in [0.5, 0.6) is 0 Å². The lowest BCUT2D eigenvalue weighted by Gasteiger charge is -1.96. The summed E-state index contributed by atoms with van der Waals surface area (Å²) in [7, 11) is 0. The molecule has 0 saturated carbocycles. The van der Waals surface area contributed by atoms with Crippen LogP contribution in [0.15, 0.2) is 36.4 Å². The average molecular weight is 200 g/mol. The Kier molecular flexibility index (Phi) is 2.37. The number of hydrogen-bond donors (Lipinski definition) is 0. The van der Waals surface area contributed by atoms with Gasteiger partial charge in [-0.25, -0.2) is 0 Å². The molecule has 3 heteroatoms. The smallest absolute Gasteiger partial charge is 0.267 e. The maximum Gasteiger partial charge on any atom is 0.271 e. The highest BCUT2D eigenvalue weighted by molar-refractivity contribution is 5.97. The molecule has 0 N–H and O–H groups in total. The molecule has 15 heavy (non-hydrogen) atoms. The van der Waals surface area contributed by atoms with E-state index in [1.54, 1.807) is 6.08 Å². The third kappa shape index (κ3) is 1.56. The van der Waals surface area contributed by atoms with Crippen LogP contribution in [0.2, 0.25) is 0 Å². The Balaban J connectivity index is 2.67. The minimum Gasteiger partial charge on any atom is -0.267 e. The first-order chi connectivity index (χ1) is 7.24. The Morgan fingerprint density at radius 2 is 2.13 bits per heavy atom. The van der Waals surface area contributed by atoms with Crippen molar-refractivity contribution in [2.75, 3.05) is 0 Å². The third-order valence-electron chi connectivity index (χ3n) is 2.29. The maximum absolute atomic E-state index is 11.7. The summed E-state index contributed by atoms with van der Waals surface area (Å²) < 4.78 is 1.44. The van der Waals surface area contributed by atoms with Crippen LogP contribution < -0.4 is 0 Å². The second-order valence-electron chi connectivity index (χ2n) is 3.35. The molecular formula is C12H12N2O. The van der Waals surface area contributed by atoms with E-state index in [1.165, 1.54) is 10.8 Å². The number of nitrogens with zero attached hydrogens (tertiary/aromatic N) is 2. The van der Waals surface area contributed by atoms with Crippen molar-refractivity contribution in [2.45, 2.75) is 13.8 Å². The first kappa shape index (κ1) is 9.65. The number of hydrogen-bond acceptors (Lipinski definition) is 2. The first-order valence-corrected chi connectivity index (χ1v) is 4.85. The van der Waals surface area contributed by atoms with Gasteiger partial charge in [-0.05, 0) is 19.9 Å². The van der Waals surface area contributed by atoms with E-state index in [1.807, 2.05) is 38.1 Å². The van der Waals surface area contributed by atoms with Crippen LogP contribution in [0.4, 0.5) is 0 Å². The second-order valence-corrected chi connectivity index (χ2v) is 3.35. The molecule has 76 valence electrons. The van der Waals surface area contributed by atoms with Crippen molar-refractivity contribution in [3.63, 3.8) is 0 Å². The summed E-state index contributed by atoms with van der Waals surface area (Å²) in [6.45, 7) is 3.72. The normalized spacial score (nSPS) is 11.3. The zero-order chi connectivity index (χ0) is 10.8. The number of allylic oxidation sites excluding steroid dienone is 2. The summed E-state index contributed by atoms with van der Waals surface area (Å²) >= 11 is 0. The number of carbonyl (C=O) groups is 1.